The van der Waals surface area contributed by atoms with Crippen molar-refractivity contribution in [3.05, 3.63) is 45.8 Å². The molecule has 0 unspecified atom stereocenters. The summed E-state index contributed by atoms with van der Waals surface area (Å²) in [6, 6.07) is 5.99. The average Bonchev–Trinajstić information content (AvgIpc) is 2.55. The number of nitrogens with zero attached hydrogens (tertiary/aromatic N) is 3. The van der Waals surface area contributed by atoms with Gasteiger partial charge in [0.1, 0.15) is 6.33 Å². The van der Waals surface area contributed by atoms with Gasteiger partial charge in [0.2, 0.25) is 11.6 Å². The molecule has 1 saturated heterocycles. The molecule has 1 aliphatic heterocycles. The summed E-state index contributed by atoms with van der Waals surface area (Å²) in [7, 11) is 0. The number of nitrogens with one attached hydrogen (secondary N) is 3. The molecule has 8 nitrogen and oxygen atoms in total. The van der Waals surface area contributed by atoms with Gasteiger partial charge in [-0.15, -0.1) is 0 Å². The van der Waals surface area contributed by atoms with E-state index < -0.39 is 4.92 Å². The van der Waals surface area contributed by atoms with Crippen LogP contribution in [0.2, 0.25) is 0 Å². The fourth-order valence-corrected chi connectivity index (χ4v) is 4.36. The van der Waals surface area contributed by atoms with Gasteiger partial charge in [-0.3, -0.25) is 10.1 Å². The lowest BCUT2D eigenvalue weighted by atomic mass is 9.79. The third-order valence-electron chi connectivity index (χ3n) is 5.18. The van der Waals surface area contributed by atoms with Crippen LogP contribution in [0.5, 0.6) is 0 Å². The molecule has 0 bridgehead atoms. The second-order valence-corrected chi connectivity index (χ2v) is 9.26. The molecule has 3 N–H and O–H groups in total. The Bertz CT molecular complexity index is 909. The summed E-state index contributed by atoms with van der Waals surface area (Å²) in [5, 5.41) is 22.0. The standard InChI is InChI=1S/C21H30N6O2/c1-13-7-8-14(2)16(9-13)25-19-17(27(28)29)18(22-12-23-19)24-15-10-20(3,4)26-21(5,6)11-15/h7-9,12,15,26H,10-11H2,1-6H3,(H2,22,23,24,25). The Kier molecular flexibility index (Phi) is 5.49. The van der Waals surface area contributed by atoms with Crippen molar-refractivity contribution in [2.75, 3.05) is 10.6 Å². The van der Waals surface area contributed by atoms with Gasteiger partial charge in [-0.25, -0.2) is 9.97 Å². The maximum Gasteiger partial charge on any atom is 0.353 e. The van der Waals surface area contributed by atoms with Crippen LogP contribution >= 0.6 is 0 Å². The Labute approximate surface area is 171 Å². The van der Waals surface area contributed by atoms with Gasteiger partial charge in [0.25, 0.3) is 0 Å². The van der Waals surface area contributed by atoms with Crippen molar-refractivity contribution in [2.24, 2.45) is 0 Å². The molecule has 0 amide bonds. The molecule has 1 aromatic heterocycles. The Morgan fingerprint density at radius 1 is 1.10 bits per heavy atom. The molecule has 8 heteroatoms. The molecule has 156 valence electrons. The van der Waals surface area contributed by atoms with E-state index in [0.29, 0.717) is 0 Å². The van der Waals surface area contributed by atoms with Crippen molar-refractivity contribution in [1.29, 1.82) is 0 Å². The highest BCUT2D eigenvalue weighted by atomic mass is 16.6. The Balaban J connectivity index is 1.93. The van der Waals surface area contributed by atoms with Crippen LogP contribution in [0.3, 0.4) is 0 Å². The van der Waals surface area contributed by atoms with Gasteiger partial charge in [-0.2, -0.15) is 0 Å². The first kappa shape index (κ1) is 21.0. The van der Waals surface area contributed by atoms with Crippen molar-refractivity contribution < 1.29 is 4.92 Å². The number of hydrogen-bond donors (Lipinski definition) is 3. The molecule has 1 aliphatic rings. The van der Waals surface area contributed by atoms with E-state index in [9.17, 15) is 10.1 Å². The van der Waals surface area contributed by atoms with Gasteiger partial charge in [0, 0.05) is 22.8 Å². The number of aryl methyl sites for hydroxylation is 2. The summed E-state index contributed by atoms with van der Waals surface area (Å²) < 4.78 is 0. The summed E-state index contributed by atoms with van der Waals surface area (Å²) >= 11 is 0. The normalized spacial score (nSPS) is 18.3. The second kappa shape index (κ2) is 7.59. The predicted molar refractivity (Wildman–Crippen MR) is 116 cm³/mol. The van der Waals surface area contributed by atoms with Crippen molar-refractivity contribution in [3.63, 3.8) is 0 Å². The largest absolute Gasteiger partial charge is 0.361 e. The van der Waals surface area contributed by atoms with Crippen LogP contribution in [0.1, 0.15) is 51.7 Å². The molecular formula is C21H30N6O2. The third kappa shape index (κ3) is 5.00. The molecular weight excluding hydrogens is 368 g/mol. The van der Waals surface area contributed by atoms with Gasteiger partial charge < -0.3 is 16.0 Å². The topological polar surface area (TPSA) is 105 Å². The molecule has 2 heterocycles. The molecule has 0 spiro atoms. The SMILES string of the molecule is Cc1ccc(C)c(Nc2ncnc(NC3CC(C)(C)NC(C)(C)C3)c2[N+](=O)[O-])c1. The van der Waals surface area contributed by atoms with Crippen LogP contribution in [0.4, 0.5) is 23.0 Å². The highest BCUT2D eigenvalue weighted by Gasteiger charge is 2.38. The molecule has 1 fully saturated rings. The number of hydrogen-bond acceptors (Lipinski definition) is 7. The quantitative estimate of drug-likeness (QED) is 0.504. The minimum atomic E-state index is -0.423. The first-order chi connectivity index (χ1) is 13.5. The van der Waals surface area contributed by atoms with E-state index >= 15 is 0 Å². The van der Waals surface area contributed by atoms with E-state index in [1.165, 1.54) is 6.33 Å². The molecule has 2 aromatic rings. The highest BCUT2D eigenvalue weighted by molar-refractivity contribution is 5.75. The fraction of sp³-hybridized carbons (Fsp3) is 0.524. The van der Waals surface area contributed by atoms with Crippen molar-refractivity contribution >= 4 is 23.0 Å². The van der Waals surface area contributed by atoms with Crippen molar-refractivity contribution in [1.82, 2.24) is 15.3 Å². The lowest BCUT2D eigenvalue weighted by Gasteiger charge is -2.46. The number of nitro groups is 1. The smallest absolute Gasteiger partial charge is 0.353 e. The van der Waals surface area contributed by atoms with Gasteiger partial charge in [-0.05, 0) is 71.6 Å². The average molecular weight is 399 g/mol. The van der Waals surface area contributed by atoms with E-state index in [1.807, 2.05) is 32.0 Å². The predicted octanol–water partition coefficient (Wildman–Crippen LogP) is 4.47. The molecule has 3 rings (SSSR count). The lowest BCUT2D eigenvalue weighted by molar-refractivity contribution is -0.383. The highest BCUT2D eigenvalue weighted by Crippen LogP contribution is 2.35. The van der Waals surface area contributed by atoms with Crippen LogP contribution < -0.4 is 16.0 Å². The van der Waals surface area contributed by atoms with E-state index in [1.54, 1.807) is 0 Å². The first-order valence-corrected chi connectivity index (χ1v) is 9.85. The first-order valence-electron chi connectivity index (χ1n) is 9.85. The van der Waals surface area contributed by atoms with Gasteiger partial charge in [0.15, 0.2) is 0 Å². The molecule has 0 radical (unpaired) electrons. The summed E-state index contributed by atoms with van der Waals surface area (Å²) in [6.45, 7) is 12.5. The lowest BCUT2D eigenvalue weighted by Crippen LogP contribution is -2.60. The van der Waals surface area contributed by atoms with Gasteiger partial charge >= 0.3 is 5.69 Å². The van der Waals surface area contributed by atoms with Gasteiger partial charge in [-0.1, -0.05) is 12.1 Å². The third-order valence-corrected chi connectivity index (χ3v) is 5.18. The van der Waals surface area contributed by atoms with E-state index in [0.717, 1.165) is 29.7 Å². The number of anilines is 3. The van der Waals surface area contributed by atoms with Gasteiger partial charge in [0.05, 0.1) is 4.92 Å². The van der Waals surface area contributed by atoms with Crippen LogP contribution in [-0.2, 0) is 0 Å². The molecule has 0 aliphatic carbocycles. The van der Waals surface area contributed by atoms with Crippen LogP contribution in [0.15, 0.2) is 24.5 Å². The van der Waals surface area contributed by atoms with Crippen LogP contribution in [0.25, 0.3) is 0 Å². The summed E-state index contributed by atoms with van der Waals surface area (Å²) in [6.07, 6.45) is 3.02. The minimum Gasteiger partial charge on any atom is -0.361 e. The zero-order valence-corrected chi connectivity index (χ0v) is 18.0. The monoisotopic (exact) mass is 398 g/mol. The van der Waals surface area contributed by atoms with E-state index in [-0.39, 0.29) is 34.4 Å². The van der Waals surface area contributed by atoms with Crippen LogP contribution in [0, 0.1) is 24.0 Å². The van der Waals surface area contributed by atoms with Crippen molar-refractivity contribution in [2.45, 2.75) is 71.5 Å². The number of aromatic nitrogens is 2. The Morgan fingerprint density at radius 3 is 2.34 bits per heavy atom. The Hall–Kier alpha value is -2.74. The summed E-state index contributed by atoms with van der Waals surface area (Å²) in [5.41, 5.74) is 2.54. The summed E-state index contributed by atoms with van der Waals surface area (Å²) in [5.74, 6) is 0.435. The minimum absolute atomic E-state index is 0.0587. The maximum absolute atomic E-state index is 11.9. The number of piperidine rings is 1. The molecule has 0 atom stereocenters. The van der Waals surface area contributed by atoms with E-state index in [4.69, 9.17) is 0 Å². The molecule has 1 aromatic carbocycles. The van der Waals surface area contributed by atoms with Crippen LogP contribution in [-0.4, -0.2) is 32.0 Å². The number of rotatable bonds is 5. The number of benzene rings is 1. The van der Waals surface area contributed by atoms with E-state index in [2.05, 4.69) is 53.6 Å². The zero-order valence-electron chi connectivity index (χ0n) is 18.0. The summed E-state index contributed by atoms with van der Waals surface area (Å²) in [4.78, 5) is 19.9. The van der Waals surface area contributed by atoms with Crippen molar-refractivity contribution in [3.8, 4) is 0 Å². The molecule has 0 saturated carbocycles. The second-order valence-electron chi connectivity index (χ2n) is 9.26. The molecule has 29 heavy (non-hydrogen) atoms. The maximum atomic E-state index is 11.9. The zero-order chi connectivity index (χ0) is 21.4. The fourth-order valence-electron chi connectivity index (χ4n) is 4.36. The Morgan fingerprint density at radius 2 is 1.72 bits per heavy atom.